The van der Waals surface area contributed by atoms with Gasteiger partial charge in [-0.1, -0.05) is 65.8 Å². The van der Waals surface area contributed by atoms with Gasteiger partial charge in [-0.25, -0.2) is 0 Å². The van der Waals surface area contributed by atoms with Gasteiger partial charge in [0.05, 0.1) is 12.5 Å². The van der Waals surface area contributed by atoms with Crippen LogP contribution in [0.5, 0.6) is 0 Å². The monoisotopic (exact) mass is 522 g/mol. The Hall–Kier alpha value is -1.58. The first-order valence-electron chi connectivity index (χ1n) is 15.6. The van der Waals surface area contributed by atoms with E-state index in [1.165, 1.54) is 32.6 Å². The third-order valence-corrected chi connectivity index (χ3v) is 13.6. The van der Waals surface area contributed by atoms with Crippen LogP contribution < -0.4 is 0 Å². The molecule has 38 heavy (non-hydrogen) atoms. The zero-order chi connectivity index (χ0) is 27.3. The number of carbonyl (C=O) groups excluding carboxylic acids is 2. The van der Waals surface area contributed by atoms with Crippen molar-refractivity contribution in [3.8, 4) is 0 Å². The van der Waals surface area contributed by atoms with Crippen molar-refractivity contribution in [3.05, 3.63) is 24.3 Å². The number of fused-ring (bicyclic) bond motifs is 1. The second-order valence-corrected chi connectivity index (χ2v) is 15.2. The molecule has 0 aromatic carbocycles. The van der Waals surface area contributed by atoms with Crippen molar-refractivity contribution in [2.45, 2.75) is 99.5 Å². The van der Waals surface area contributed by atoms with Crippen LogP contribution in [0.2, 0.25) is 0 Å². The lowest BCUT2D eigenvalue weighted by atomic mass is 9.28. The maximum atomic E-state index is 13.6. The summed E-state index contributed by atoms with van der Waals surface area (Å²) in [5, 5.41) is 0. The lowest BCUT2D eigenvalue weighted by Crippen LogP contribution is -2.72. The maximum absolute atomic E-state index is 13.6. The highest BCUT2D eigenvalue weighted by Crippen LogP contribution is 2.82. The summed E-state index contributed by atoms with van der Waals surface area (Å²) < 4.78 is 11.8. The van der Waals surface area contributed by atoms with Gasteiger partial charge in [0, 0.05) is 23.7 Å². The summed E-state index contributed by atoms with van der Waals surface area (Å²) in [7, 11) is 0. The Labute approximate surface area is 230 Å². The number of esters is 2. The summed E-state index contributed by atoms with van der Waals surface area (Å²) in [5.41, 5.74) is 0.105. The predicted octanol–water partition coefficient (Wildman–Crippen LogP) is 7.38. The molecule has 2 spiro atoms. The van der Waals surface area contributed by atoms with Gasteiger partial charge in [-0.15, -0.1) is 0 Å². The zero-order valence-electron chi connectivity index (χ0n) is 24.8. The highest BCUT2D eigenvalue weighted by atomic mass is 16.5. The Bertz CT molecular complexity index is 1060. The van der Waals surface area contributed by atoms with Crippen LogP contribution in [0.25, 0.3) is 0 Å². The first-order valence-corrected chi connectivity index (χ1v) is 15.6. The van der Waals surface area contributed by atoms with E-state index in [0.717, 1.165) is 19.3 Å². The fraction of sp³-hybridized carbons (Fsp3) is 0.824. The molecule has 4 heteroatoms. The van der Waals surface area contributed by atoms with Crippen LogP contribution in [-0.2, 0) is 19.1 Å². The molecule has 12 atom stereocenters. The number of allylic oxidation sites excluding steroid dienone is 4. The Morgan fingerprint density at radius 2 is 1.79 bits per heavy atom. The van der Waals surface area contributed by atoms with Crippen LogP contribution in [0.4, 0.5) is 0 Å². The number of hydrogen-bond donors (Lipinski definition) is 0. The molecule has 5 fully saturated rings. The van der Waals surface area contributed by atoms with E-state index in [2.05, 4.69) is 65.8 Å². The van der Waals surface area contributed by atoms with Crippen LogP contribution in [0.3, 0.4) is 0 Å². The molecule has 0 amide bonds. The first-order chi connectivity index (χ1) is 17.9. The summed E-state index contributed by atoms with van der Waals surface area (Å²) in [6, 6.07) is 0. The maximum Gasteiger partial charge on any atom is 0.310 e. The number of carbonyl (C=O) groups is 2. The quantitative estimate of drug-likeness (QED) is 0.279. The van der Waals surface area contributed by atoms with Crippen molar-refractivity contribution in [1.82, 2.24) is 0 Å². The molecule has 0 aromatic heterocycles. The van der Waals surface area contributed by atoms with E-state index in [1.54, 1.807) is 0 Å². The second-order valence-electron chi connectivity index (χ2n) is 15.2. The van der Waals surface area contributed by atoms with Gasteiger partial charge in [0.1, 0.15) is 6.10 Å². The highest BCUT2D eigenvalue weighted by Gasteiger charge is 2.79. The molecule has 1 saturated heterocycles. The van der Waals surface area contributed by atoms with Gasteiger partial charge in [-0.3, -0.25) is 9.59 Å². The zero-order valence-corrected chi connectivity index (χ0v) is 24.8. The molecule has 0 N–H and O–H groups in total. The molecule has 7 aliphatic rings. The lowest BCUT2D eigenvalue weighted by molar-refractivity contribution is -0.244. The number of hydrogen-bond acceptors (Lipinski definition) is 4. The third kappa shape index (κ3) is 3.27. The Morgan fingerprint density at radius 1 is 1.03 bits per heavy atom. The van der Waals surface area contributed by atoms with Crippen LogP contribution >= 0.6 is 0 Å². The highest BCUT2D eigenvalue weighted by molar-refractivity contribution is 5.78. The van der Waals surface area contributed by atoms with Gasteiger partial charge in [-0.05, 0) is 91.3 Å². The van der Waals surface area contributed by atoms with Crippen LogP contribution in [0.1, 0.15) is 93.4 Å². The van der Waals surface area contributed by atoms with E-state index in [1.807, 2.05) is 0 Å². The van der Waals surface area contributed by atoms with E-state index in [9.17, 15) is 9.59 Å². The Kier molecular flexibility index (Phi) is 6.10. The van der Waals surface area contributed by atoms with Crippen molar-refractivity contribution >= 4 is 11.9 Å². The van der Waals surface area contributed by atoms with Crippen molar-refractivity contribution in [3.63, 3.8) is 0 Å². The van der Waals surface area contributed by atoms with Gasteiger partial charge < -0.3 is 9.47 Å². The molecule has 6 aliphatic carbocycles. The van der Waals surface area contributed by atoms with Crippen LogP contribution in [0, 0.1) is 69.0 Å². The molecule has 4 saturated carbocycles. The number of ether oxygens (including phenoxy) is 2. The van der Waals surface area contributed by atoms with Crippen molar-refractivity contribution in [2.75, 3.05) is 6.61 Å². The summed E-state index contributed by atoms with van der Waals surface area (Å²) >= 11 is 0. The van der Waals surface area contributed by atoms with E-state index in [-0.39, 0.29) is 51.5 Å². The Morgan fingerprint density at radius 3 is 2.50 bits per heavy atom. The fourth-order valence-corrected chi connectivity index (χ4v) is 11.6. The van der Waals surface area contributed by atoms with E-state index >= 15 is 0 Å². The first kappa shape index (κ1) is 26.6. The molecule has 210 valence electrons. The largest absolute Gasteiger partial charge is 0.465 e. The van der Waals surface area contributed by atoms with Crippen molar-refractivity contribution in [2.24, 2.45) is 69.0 Å². The number of cyclic esters (lactones) is 1. The molecule has 1 heterocycles. The minimum Gasteiger partial charge on any atom is -0.465 e. The van der Waals surface area contributed by atoms with Crippen molar-refractivity contribution < 1.29 is 19.1 Å². The van der Waals surface area contributed by atoms with Gasteiger partial charge in [0.2, 0.25) is 0 Å². The SMILES string of the molecule is CC(=O)OC1CCC2(C)C3CCC4(C)C(C(C)C=CC(C)C(C)C)CCC4C34C=CC2(C1)C1C(=O)OCC14. The average molecular weight is 523 g/mol. The molecular formula is C34H50O4. The second kappa shape index (κ2) is 8.71. The molecule has 1 aliphatic heterocycles. The molecule has 4 nitrogen and oxygen atoms in total. The van der Waals surface area contributed by atoms with Crippen molar-refractivity contribution in [1.29, 1.82) is 0 Å². The van der Waals surface area contributed by atoms with Crippen LogP contribution in [0.15, 0.2) is 24.3 Å². The normalized spacial score (nSPS) is 50.3. The smallest absolute Gasteiger partial charge is 0.310 e. The summed E-state index contributed by atoms with van der Waals surface area (Å²) in [6.07, 6.45) is 17.7. The minimum atomic E-state index is -0.259. The average Bonchev–Trinajstić information content (AvgIpc) is 3.43. The summed E-state index contributed by atoms with van der Waals surface area (Å²) in [5.74, 6) is 3.65. The van der Waals surface area contributed by atoms with Gasteiger partial charge in [0.25, 0.3) is 0 Å². The van der Waals surface area contributed by atoms with E-state index in [4.69, 9.17) is 9.47 Å². The molecule has 0 radical (unpaired) electrons. The predicted molar refractivity (Wildman–Crippen MR) is 149 cm³/mol. The van der Waals surface area contributed by atoms with Gasteiger partial charge in [-0.2, -0.15) is 0 Å². The van der Waals surface area contributed by atoms with Crippen LogP contribution in [-0.4, -0.2) is 24.6 Å². The molecule has 7 rings (SSSR count). The Balaban J connectivity index is 1.39. The molecule has 12 unspecified atom stereocenters. The topological polar surface area (TPSA) is 52.6 Å². The molecule has 2 bridgehead atoms. The fourth-order valence-electron chi connectivity index (χ4n) is 11.6. The standard InChI is InChI=1S/C34H50O4/c1-20(2)21(3)8-9-22(4)25-10-11-27-31(25,6)14-13-28-32(7)15-12-24(38-23(5)35)18-33(32)16-17-34(27,28)26-19-37-30(36)29(26)33/h8-9,16-17,20-22,24-29H,10-15,18-19H2,1-7H3. The lowest BCUT2D eigenvalue weighted by Gasteiger charge is -2.75. The molecular weight excluding hydrogens is 472 g/mol. The van der Waals surface area contributed by atoms with Gasteiger partial charge >= 0.3 is 11.9 Å². The third-order valence-electron chi connectivity index (χ3n) is 13.6. The number of rotatable bonds is 5. The summed E-state index contributed by atoms with van der Waals surface area (Å²) in [6.45, 7) is 16.6. The van der Waals surface area contributed by atoms with E-state index in [0.29, 0.717) is 42.1 Å². The van der Waals surface area contributed by atoms with Gasteiger partial charge in [0.15, 0.2) is 0 Å². The minimum absolute atomic E-state index is 0.00710. The van der Waals surface area contributed by atoms with E-state index < -0.39 is 0 Å². The molecule has 0 aromatic rings. The summed E-state index contributed by atoms with van der Waals surface area (Å²) in [4.78, 5) is 25.5.